The van der Waals surface area contributed by atoms with Gasteiger partial charge in [0.15, 0.2) is 0 Å². The van der Waals surface area contributed by atoms with Crippen LogP contribution in [0.5, 0.6) is 0 Å². The lowest BCUT2D eigenvalue weighted by molar-refractivity contribution is 1.14. The van der Waals surface area contributed by atoms with Crippen LogP contribution >= 0.6 is 11.6 Å². The molecule has 94 valence electrons. The molecule has 0 radical (unpaired) electrons. The largest absolute Gasteiger partial charge is 0.399 e. The van der Waals surface area contributed by atoms with Crippen LogP contribution in [0.15, 0.2) is 30.3 Å². The van der Waals surface area contributed by atoms with Gasteiger partial charge in [-0.3, -0.25) is 0 Å². The molecule has 2 aromatic rings. The maximum absolute atomic E-state index is 6.34. The Hall–Kier alpha value is -1.47. The molecule has 0 aliphatic rings. The molecule has 2 heteroatoms. The van der Waals surface area contributed by atoms with Crippen LogP contribution < -0.4 is 5.73 Å². The summed E-state index contributed by atoms with van der Waals surface area (Å²) in [6, 6.07) is 10.3. The molecule has 0 fully saturated rings. The minimum absolute atomic E-state index is 0.796. The fourth-order valence-corrected chi connectivity index (χ4v) is 2.41. The van der Waals surface area contributed by atoms with E-state index in [1.165, 1.54) is 16.7 Å². The van der Waals surface area contributed by atoms with Gasteiger partial charge in [-0.15, -0.1) is 0 Å². The quantitative estimate of drug-likeness (QED) is 0.773. The van der Waals surface area contributed by atoms with Gasteiger partial charge in [0.1, 0.15) is 0 Å². The van der Waals surface area contributed by atoms with Crippen molar-refractivity contribution in [2.24, 2.45) is 0 Å². The molecule has 0 saturated carbocycles. The van der Waals surface area contributed by atoms with Gasteiger partial charge in [-0.05, 0) is 66.8 Å². The van der Waals surface area contributed by atoms with Gasteiger partial charge < -0.3 is 5.73 Å². The number of halogens is 1. The van der Waals surface area contributed by atoms with Gasteiger partial charge in [0.05, 0.1) is 0 Å². The molecule has 0 amide bonds. The van der Waals surface area contributed by atoms with Crippen molar-refractivity contribution in [1.29, 1.82) is 0 Å². The zero-order chi connectivity index (χ0) is 13.3. The molecule has 0 aromatic heterocycles. The van der Waals surface area contributed by atoms with E-state index in [4.69, 9.17) is 17.3 Å². The maximum Gasteiger partial charge on any atom is 0.0487 e. The number of nitrogen functional groups attached to an aromatic ring is 1. The summed E-state index contributed by atoms with van der Waals surface area (Å²) in [5.41, 5.74) is 12.6. The highest BCUT2D eigenvalue weighted by Crippen LogP contribution is 2.32. The monoisotopic (exact) mass is 259 g/mol. The Bertz CT molecular complexity index is 588. The van der Waals surface area contributed by atoms with Gasteiger partial charge in [0, 0.05) is 16.3 Å². The van der Waals surface area contributed by atoms with E-state index in [-0.39, 0.29) is 0 Å². The summed E-state index contributed by atoms with van der Waals surface area (Å²) in [5.74, 6) is 0. The Morgan fingerprint density at radius 3 is 2.39 bits per heavy atom. The lowest BCUT2D eigenvalue weighted by Crippen LogP contribution is -1.94. The van der Waals surface area contributed by atoms with Crippen LogP contribution in [0.3, 0.4) is 0 Å². The molecule has 0 aliphatic carbocycles. The lowest BCUT2D eigenvalue weighted by Gasteiger charge is -2.11. The van der Waals surface area contributed by atoms with Crippen LogP contribution in [0, 0.1) is 13.8 Å². The second-order valence-corrected chi connectivity index (χ2v) is 5.09. The summed E-state index contributed by atoms with van der Waals surface area (Å²) in [6.45, 7) is 6.29. The first-order valence-electron chi connectivity index (χ1n) is 6.18. The van der Waals surface area contributed by atoms with Crippen LogP contribution in [-0.4, -0.2) is 0 Å². The van der Waals surface area contributed by atoms with Crippen molar-refractivity contribution in [2.75, 3.05) is 5.73 Å². The zero-order valence-corrected chi connectivity index (χ0v) is 11.8. The van der Waals surface area contributed by atoms with Crippen LogP contribution in [0.2, 0.25) is 5.02 Å². The van der Waals surface area contributed by atoms with E-state index in [9.17, 15) is 0 Å². The Morgan fingerprint density at radius 1 is 1.06 bits per heavy atom. The summed E-state index contributed by atoms with van der Waals surface area (Å²) in [5, 5.41) is 0.796. The van der Waals surface area contributed by atoms with Crippen molar-refractivity contribution >= 4 is 17.3 Å². The third-order valence-corrected chi connectivity index (χ3v) is 3.73. The van der Waals surface area contributed by atoms with E-state index in [1.807, 2.05) is 18.2 Å². The minimum atomic E-state index is 0.796. The molecule has 2 N–H and O–H groups in total. The molecule has 18 heavy (non-hydrogen) atoms. The van der Waals surface area contributed by atoms with Crippen LogP contribution in [0.25, 0.3) is 11.1 Å². The molecule has 0 saturated heterocycles. The molecule has 0 unspecified atom stereocenters. The molecule has 2 aromatic carbocycles. The van der Waals surface area contributed by atoms with Gasteiger partial charge >= 0.3 is 0 Å². The van der Waals surface area contributed by atoms with Crippen molar-refractivity contribution in [3.8, 4) is 11.1 Å². The van der Waals surface area contributed by atoms with E-state index >= 15 is 0 Å². The number of aryl methyl sites for hydroxylation is 3. The molecule has 1 nitrogen and oxygen atoms in total. The first-order chi connectivity index (χ1) is 8.52. The molecular formula is C16H18ClN. The van der Waals surface area contributed by atoms with Gasteiger partial charge in [-0.2, -0.15) is 0 Å². The standard InChI is InChI=1S/C16H18ClN/c1-4-12-9-13(5-6-16(12)18)14-7-10(2)11(3)8-15(14)17/h5-9H,4,18H2,1-3H3. The average Bonchev–Trinajstić information content (AvgIpc) is 2.35. The molecule has 0 spiro atoms. The summed E-state index contributed by atoms with van der Waals surface area (Å²) >= 11 is 6.34. The van der Waals surface area contributed by atoms with Gasteiger partial charge in [-0.1, -0.05) is 24.6 Å². The van der Waals surface area contributed by atoms with Crippen LogP contribution in [-0.2, 0) is 6.42 Å². The smallest absolute Gasteiger partial charge is 0.0487 e. The summed E-state index contributed by atoms with van der Waals surface area (Å²) in [6.07, 6.45) is 0.933. The molecule has 2 rings (SSSR count). The molecule has 0 bridgehead atoms. The van der Waals surface area contributed by atoms with Gasteiger partial charge in [-0.25, -0.2) is 0 Å². The van der Waals surface area contributed by atoms with E-state index in [0.717, 1.165) is 28.3 Å². The number of anilines is 1. The van der Waals surface area contributed by atoms with Crippen molar-refractivity contribution < 1.29 is 0 Å². The Kier molecular flexibility index (Phi) is 3.63. The average molecular weight is 260 g/mol. The van der Waals surface area contributed by atoms with Gasteiger partial charge in [0.2, 0.25) is 0 Å². The summed E-state index contributed by atoms with van der Waals surface area (Å²) < 4.78 is 0. The Labute approximate surface area is 114 Å². The van der Waals surface area contributed by atoms with E-state index in [0.29, 0.717) is 0 Å². The fourth-order valence-electron chi connectivity index (χ4n) is 2.08. The predicted octanol–water partition coefficient (Wildman–Crippen LogP) is 4.77. The number of hydrogen-bond donors (Lipinski definition) is 1. The number of hydrogen-bond acceptors (Lipinski definition) is 1. The highest BCUT2D eigenvalue weighted by atomic mass is 35.5. The van der Waals surface area contributed by atoms with Crippen LogP contribution in [0.4, 0.5) is 5.69 Å². The topological polar surface area (TPSA) is 26.0 Å². The second-order valence-electron chi connectivity index (χ2n) is 4.68. The Morgan fingerprint density at radius 2 is 1.72 bits per heavy atom. The lowest BCUT2D eigenvalue weighted by atomic mass is 9.97. The van der Waals surface area contributed by atoms with Crippen molar-refractivity contribution in [2.45, 2.75) is 27.2 Å². The first-order valence-corrected chi connectivity index (χ1v) is 6.56. The SMILES string of the molecule is CCc1cc(-c2cc(C)c(C)cc2Cl)ccc1N. The normalized spacial score (nSPS) is 10.7. The van der Waals surface area contributed by atoms with Crippen molar-refractivity contribution in [1.82, 2.24) is 0 Å². The third-order valence-electron chi connectivity index (χ3n) is 3.42. The zero-order valence-electron chi connectivity index (χ0n) is 11.0. The maximum atomic E-state index is 6.34. The highest BCUT2D eigenvalue weighted by molar-refractivity contribution is 6.33. The van der Waals surface area contributed by atoms with Gasteiger partial charge in [0.25, 0.3) is 0 Å². The fraction of sp³-hybridized carbons (Fsp3) is 0.250. The van der Waals surface area contributed by atoms with E-state index in [1.54, 1.807) is 0 Å². The second kappa shape index (κ2) is 5.03. The molecule has 0 atom stereocenters. The summed E-state index contributed by atoms with van der Waals surface area (Å²) in [7, 11) is 0. The van der Waals surface area contributed by atoms with E-state index in [2.05, 4.69) is 32.9 Å². The number of nitrogens with two attached hydrogens (primary N) is 1. The molecular weight excluding hydrogens is 242 g/mol. The highest BCUT2D eigenvalue weighted by Gasteiger charge is 2.07. The predicted molar refractivity (Wildman–Crippen MR) is 80.2 cm³/mol. The minimum Gasteiger partial charge on any atom is -0.399 e. The third kappa shape index (κ3) is 2.37. The first kappa shape index (κ1) is 13.0. The molecule has 0 aliphatic heterocycles. The van der Waals surface area contributed by atoms with E-state index < -0.39 is 0 Å². The van der Waals surface area contributed by atoms with Crippen molar-refractivity contribution in [3.05, 3.63) is 52.0 Å². The Balaban J connectivity index is 2.58. The molecule has 0 heterocycles. The summed E-state index contributed by atoms with van der Waals surface area (Å²) in [4.78, 5) is 0. The number of rotatable bonds is 2. The van der Waals surface area contributed by atoms with Crippen molar-refractivity contribution in [3.63, 3.8) is 0 Å². The number of benzene rings is 2. The van der Waals surface area contributed by atoms with Crippen LogP contribution in [0.1, 0.15) is 23.6 Å².